The molecule has 2 aromatic rings. The lowest BCUT2D eigenvalue weighted by Crippen LogP contribution is -2.29. The van der Waals surface area contributed by atoms with Gasteiger partial charge in [-0.25, -0.2) is 9.78 Å². The van der Waals surface area contributed by atoms with Gasteiger partial charge in [-0.05, 0) is 19.4 Å². The van der Waals surface area contributed by atoms with Crippen LogP contribution in [-0.4, -0.2) is 45.9 Å². The van der Waals surface area contributed by atoms with Gasteiger partial charge in [0.15, 0.2) is 10.9 Å². The standard InChI is InChI=1S/C14H19N5O3S/c1-19-12(9-4-3-5-15-6-9)17-18-14(19)23-8-11-16-10(7-22-11)13(20)21-2/h7,9,15H,3-6,8H2,1-2H3/t9-/m0/s1. The van der Waals surface area contributed by atoms with Crippen LogP contribution >= 0.6 is 11.8 Å². The summed E-state index contributed by atoms with van der Waals surface area (Å²) in [4.78, 5) is 15.4. The Morgan fingerprint density at radius 1 is 1.57 bits per heavy atom. The van der Waals surface area contributed by atoms with E-state index in [0.29, 0.717) is 17.6 Å². The molecule has 1 atom stereocenters. The number of ether oxygens (including phenoxy) is 1. The van der Waals surface area contributed by atoms with Crippen LogP contribution < -0.4 is 5.32 Å². The van der Waals surface area contributed by atoms with Crippen molar-refractivity contribution in [2.24, 2.45) is 7.05 Å². The van der Waals surface area contributed by atoms with Gasteiger partial charge in [0.2, 0.25) is 5.89 Å². The van der Waals surface area contributed by atoms with Crippen molar-refractivity contribution < 1.29 is 13.9 Å². The highest BCUT2D eigenvalue weighted by molar-refractivity contribution is 7.98. The lowest BCUT2D eigenvalue weighted by Gasteiger charge is -2.21. The Bertz CT molecular complexity index is 678. The van der Waals surface area contributed by atoms with Gasteiger partial charge in [0.1, 0.15) is 12.1 Å². The van der Waals surface area contributed by atoms with E-state index in [2.05, 4.69) is 25.2 Å². The molecule has 124 valence electrons. The summed E-state index contributed by atoms with van der Waals surface area (Å²) in [5, 5.41) is 12.8. The predicted octanol–water partition coefficient (Wildman–Crippen LogP) is 1.35. The summed E-state index contributed by atoms with van der Waals surface area (Å²) < 4.78 is 11.9. The molecule has 23 heavy (non-hydrogen) atoms. The molecule has 9 heteroatoms. The Labute approximate surface area is 138 Å². The number of carbonyl (C=O) groups is 1. The third kappa shape index (κ3) is 3.56. The predicted molar refractivity (Wildman–Crippen MR) is 83.3 cm³/mol. The molecule has 1 fully saturated rings. The van der Waals surface area contributed by atoms with Crippen LogP contribution in [0.2, 0.25) is 0 Å². The first-order valence-corrected chi connectivity index (χ1v) is 8.43. The first kappa shape index (κ1) is 16.0. The Kier molecular flexibility index (Phi) is 4.97. The number of methoxy groups -OCH3 is 1. The monoisotopic (exact) mass is 337 g/mol. The number of esters is 1. The first-order valence-electron chi connectivity index (χ1n) is 7.44. The largest absolute Gasteiger partial charge is 0.464 e. The van der Waals surface area contributed by atoms with Gasteiger partial charge in [0, 0.05) is 19.5 Å². The van der Waals surface area contributed by atoms with Crippen molar-refractivity contribution in [2.45, 2.75) is 29.7 Å². The Morgan fingerprint density at radius 3 is 3.17 bits per heavy atom. The van der Waals surface area contributed by atoms with Crippen molar-refractivity contribution in [3.63, 3.8) is 0 Å². The van der Waals surface area contributed by atoms with E-state index in [-0.39, 0.29) is 5.69 Å². The molecule has 1 aliphatic rings. The highest BCUT2D eigenvalue weighted by Gasteiger charge is 2.22. The quantitative estimate of drug-likeness (QED) is 0.645. The normalized spacial score (nSPS) is 18.1. The van der Waals surface area contributed by atoms with Crippen LogP contribution in [0.25, 0.3) is 0 Å². The highest BCUT2D eigenvalue weighted by Crippen LogP contribution is 2.26. The molecule has 0 saturated carbocycles. The number of carbonyl (C=O) groups excluding carboxylic acids is 1. The van der Waals surface area contributed by atoms with E-state index in [0.717, 1.165) is 36.9 Å². The molecule has 1 N–H and O–H groups in total. The molecule has 1 aliphatic heterocycles. The smallest absolute Gasteiger partial charge is 0.360 e. The van der Waals surface area contributed by atoms with E-state index in [4.69, 9.17) is 4.42 Å². The van der Waals surface area contributed by atoms with Gasteiger partial charge in [-0.15, -0.1) is 10.2 Å². The number of hydrogen-bond donors (Lipinski definition) is 1. The van der Waals surface area contributed by atoms with Crippen molar-refractivity contribution in [1.82, 2.24) is 25.1 Å². The summed E-state index contributed by atoms with van der Waals surface area (Å²) in [6, 6.07) is 0. The number of oxazole rings is 1. The van der Waals surface area contributed by atoms with Gasteiger partial charge in [-0.2, -0.15) is 0 Å². The van der Waals surface area contributed by atoms with Crippen LogP contribution in [0, 0.1) is 0 Å². The van der Waals surface area contributed by atoms with Gasteiger partial charge in [0.05, 0.1) is 12.9 Å². The fourth-order valence-corrected chi connectivity index (χ4v) is 3.35. The second kappa shape index (κ2) is 7.14. The minimum absolute atomic E-state index is 0.176. The third-order valence-corrected chi connectivity index (χ3v) is 4.81. The first-order chi connectivity index (χ1) is 11.2. The number of nitrogens with one attached hydrogen (secondary N) is 1. The molecule has 0 amide bonds. The zero-order valence-corrected chi connectivity index (χ0v) is 13.9. The molecule has 0 spiro atoms. The van der Waals surface area contributed by atoms with E-state index in [1.807, 2.05) is 11.6 Å². The molecule has 0 radical (unpaired) electrons. The maximum Gasteiger partial charge on any atom is 0.360 e. The summed E-state index contributed by atoms with van der Waals surface area (Å²) in [5.41, 5.74) is 0.176. The molecular weight excluding hydrogens is 318 g/mol. The number of rotatable bonds is 5. The number of hydrogen-bond acceptors (Lipinski definition) is 8. The molecule has 0 unspecified atom stereocenters. The summed E-state index contributed by atoms with van der Waals surface area (Å²) in [5.74, 6) is 1.84. The van der Waals surface area contributed by atoms with Crippen LogP contribution in [0.15, 0.2) is 15.8 Å². The Hall–Kier alpha value is -1.87. The Morgan fingerprint density at radius 2 is 2.43 bits per heavy atom. The van der Waals surface area contributed by atoms with Gasteiger partial charge < -0.3 is 19.0 Å². The molecule has 1 saturated heterocycles. The summed E-state index contributed by atoms with van der Waals surface area (Å²) in [6.45, 7) is 2.02. The zero-order chi connectivity index (χ0) is 16.2. The number of thioether (sulfide) groups is 1. The minimum Gasteiger partial charge on any atom is -0.464 e. The molecule has 0 aromatic carbocycles. The summed E-state index contributed by atoms with van der Waals surface area (Å²) >= 11 is 1.48. The van der Waals surface area contributed by atoms with E-state index in [1.165, 1.54) is 25.1 Å². The van der Waals surface area contributed by atoms with Crippen molar-refractivity contribution in [2.75, 3.05) is 20.2 Å². The van der Waals surface area contributed by atoms with Crippen molar-refractivity contribution >= 4 is 17.7 Å². The van der Waals surface area contributed by atoms with Crippen molar-refractivity contribution in [1.29, 1.82) is 0 Å². The number of piperidine rings is 1. The van der Waals surface area contributed by atoms with Crippen LogP contribution in [0.4, 0.5) is 0 Å². The lowest BCUT2D eigenvalue weighted by atomic mass is 9.99. The Balaban J connectivity index is 1.63. The summed E-state index contributed by atoms with van der Waals surface area (Å²) in [6.07, 6.45) is 3.59. The average molecular weight is 337 g/mol. The van der Waals surface area contributed by atoms with Gasteiger partial charge in [0.25, 0.3) is 0 Å². The van der Waals surface area contributed by atoms with E-state index in [9.17, 15) is 4.79 Å². The highest BCUT2D eigenvalue weighted by atomic mass is 32.2. The van der Waals surface area contributed by atoms with E-state index in [1.54, 1.807) is 0 Å². The second-order valence-electron chi connectivity index (χ2n) is 5.35. The maximum absolute atomic E-state index is 11.3. The van der Waals surface area contributed by atoms with Gasteiger partial charge >= 0.3 is 5.97 Å². The number of nitrogens with zero attached hydrogens (tertiary/aromatic N) is 4. The zero-order valence-electron chi connectivity index (χ0n) is 13.1. The van der Waals surface area contributed by atoms with Crippen LogP contribution in [0.5, 0.6) is 0 Å². The second-order valence-corrected chi connectivity index (χ2v) is 6.29. The van der Waals surface area contributed by atoms with Crippen molar-refractivity contribution in [3.8, 4) is 0 Å². The van der Waals surface area contributed by atoms with Crippen LogP contribution in [0.3, 0.4) is 0 Å². The van der Waals surface area contributed by atoms with Crippen LogP contribution in [-0.2, 0) is 17.5 Å². The molecule has 0 bridgehead atoms. The SMILES string of the molecule is COC(=O)c1coc(CSc2nnc([C@H]3CCCNC3)n2C)n1. The molecule has 2 aromatic heterocycles. The van der Waals surface area contributed by atoms with Gasteiger partial charge in [-0.1, -0.05) is 11.8 Å². The maximum atomic E-state index is 11.3. The topological polar surface area (TPSA) is 95.1 Å². The molecule has 8 nitrogen and oxygen atoms in total. The lowest BCUT2D eigenvalue weighted by molar-refractivity contribution is 0.0594. The van der Waals surface area contributed by atoms with E-state index < -0.39 is 5.97 Å². The van der Waals surface area contributed by atoms with E-state index >= 15 is 0 Å². The summed E-state index contributed by atoms with van der Waals surface area (Å²) in [7, 11) is 3.29. The molecule has 3 rings (SSSR count). The fourth-order valence-electron chi connectivity index (χ4n) is 2.58. The molecular formula is C14H19N5O3S. The minimum atomic E-state index is -0.504. The third-order valence-electron chi connectivity index (χ3n) is 3.80. The number of aromatic nitrogens is 4. The fraction of sp³-hybridized carbons (Fsp3) is 0.571. The molecule has 3 heterocycles. The van der Waals surface area contributed by atoms with Gasteiger partial charge in [-0.3, -0.25) is 0 Å². The molecule has 0 aliphatic carbocycles. The van der Waals surface area contributed by atoms with Crippen molar-refractivity contribution in [3.05, 3.63) is 23.7 Å². The van der Waals surface area contributed by atoms with Crippen LogP contribution in [0.1, 0.15) is 41.0 Å². The average Bonchev–Trinajstić information content (AvgIpc) is 3.20.